The molecule has 70 valence electrons. The molecule has 0 saturated heterocycles. The minimum absolute atomic E-state index is 0. The van der Waals surface area contributed by atoms with E-state index in [0.29, 0.717) is 6.61 Å². The molecule has 1 rings (SSSR count). The van der Waals surface area contributed by atoms with Gasteiger partial charge < -0.3 is 11.3 Å². The van der Waals surface area contributed by atoms with Gasteiger partial charge in [0.25, 0.3) is 0 Å². The summed E-state index contributed by atoms with van der Waals surface area (Å²) < 4.78 is 5.01. The molecule has 1 aromatic rings. The second-order valence-corrected chi connectivity index (χ2v) is 2.14. The molecule has 5 nitrogen and oxygen atoms in total. The topological polar surface area (TPSA) is 72.3 Å². The first kappa shape index (κ1) is 13.7. The van der Waals surface area contributed by atoms with Crippen LogP contribution in [0, 0.1) is 0 Å². The molecule has 1 heterocycles. The number of rotatable bonds is 4. The third-order valence-electron chi connectivity index (χ3n) is 1.20. The number of aromatic nitrogens is 2. The zero-order chi connectivity index (χ0) is 9.68. The summed E-state index contributed by atoms with van der Waals surface area (Å²) in [7, 11) is 0. The van der Waals surface area contributed by atoms with E-state index in [1.54, 1.807) is 6.08 Å². The smallest absolute Gasteiger partial charge is 1.00 e. The van der Waals surface area contributed by atoms with Gasteiger partial charge in [0.2, 0.25) is 5.88 Å². The van der Waals surface area contributed by atoms with Crippen molar-refractivity contribution in [3.05, 3.63) is 30.7 Å². The Morgan fingerprint density at radius 3 is 2.79 bits per heavy atom. The van der Waals surface area contributed by atoms with E-state index in [1.165, 1.54) is 6.20 Å². The van der Waals surface area contributed by atoms with Crippen molar-refractivity contribution in [2.75, 3.05) is 6.61 Å². The molecule has 0 radical (unpaired) electrons. The predicted octanol–water partition coefficient (Wildman–Crippen LogP) is -2.14. The number of carbonyl (C=O) groups is 1. The van der Waals surface area contributed by atoms with Crippen molar-refractivity contribution in [2.45, 2.75) is 0 Å². The van der Waals surface area contributed by atoms with Crippen LogP contribution in [0.5, 0.6) is 5.88 Å². The number of hydrogen-bond donors (Lipinski definition) is 1. The van der Waals surface area contributed by atoms with Gasteiger partial charge in [-0.15, -0.1) is 0 Å². The van der Waals surface area contributed by atoms with Crippen molar-refractivity contribution < 1.29 is 67.4 Å². The maximum Gasteiger partial charge on any atom is 1.00 e. The van der Waals surface area contributed by atoms with Crippen LogP contribution in [0.1, 0.15) is 11.9 Å². The summed E-state index contributed by atoms with van der Waals surface area (Å²) in [6.45, 7) is 3.77. The molecule has 0 saturated carbocycles. The molecular formula is C8H9KN2O3. The van der Waals surface area contributed by atoms with Gasteiger partial charge in [0.1, 0.15) is 6.61 Å². The van der Waals surface area contributed by atoms with E-state index in [1.807, 2.05) is 0 Å². The standard InChI is InChI=1S/C8H8N2O3.K.H/c1-2-3-13-7-5-9-6(4-10-7)8(11)12;;/h2,4-5H,1,3H2,(H,11,12);;/q;+1;-1. The Balaban J connectivity index is 0. The maximum atomic E-state index is 10.4. The van der Waals surface area contributed by atoms with Gasteiger partial charge in [0, 0.05) is 0 Å². The van der Waals surface area contributed by atoms with Crippen molar-refractivity contribution in [1.82, 2.24) is 9.97 Å². The van der Waals surface area contributed by atoms with Gasteiger partial charge in [-0.3, -0.25) is 0 Å². The van der Waals surface area contributed by atoms with E-state index >= 15 is 0 Å². The molecule has 0 fully saturated rings. The molecule has 0 spiro atoms. The van der Waals surface area contributed by atoms with Gasteiger partial charge >= 0.3 is 57.4 Å². The zero-order valence-electron chi connectivity index (χ0n) is 8.80. The van der Waals surface area contributed by atoms with Crippen LogP contribution >= 0.6 is 0 Å². The summed E-state index contributed by atoms with van der Waals surface area (Å²) >= 11 is 0. The summed E-state index contributed by atoms with van der Waals surface area (Å²) in [6, 6.07) is 0. The molecule has 6 heteroatoms. The van der Waals surface area contributed by atoms with Crippen LogP contribution in [0.15, 0.2) is 25.0 Å². The van der Waals surface area contributed by atoms with Crippen molar-refractivity contribution in [2.24, 2.45) is 0 Å². The fourth-order valence-electron chi connectivity index (χ4n) is 0.645. The minimum atomic E-state index is -1.11. The fraction of sp³-hybridized carbons (Fsp3) is 0.125. The van der Waals surface area contributed by atoms with Gasteiger partial charge in [0.15, 0.2) is 5.69 Å². The number of carboxylic acids is 1. The van der Waals surface area contributed by atoms with Gasteiger partial charge in [0.05, 0.1) is 12.4 Å². The first-order chi connectivity index (χ1) is 6.24. The maximum absolute atomic E-state index is 10.4. The van der Waals surface area contributed by atoms with Gasteiger partial charge in [-0.1, -0.05) is 12.7 Å². The molecular weight excluding hydrogens is 211 g/mol. The van der Waals surface area contributed by atoms with Crippen LogP contribution in [0.2, 0.25) is 0 Å². The van der Waals surface area contributed by atoms with E-state index in [2.05, 4.69) is 16.5 Å². The third-order valence-corrected chi connectivity index (χ3v) is 1.20. The largest absolute Gasteiger partial charge is 1.00 e. The Morgan fingerprint density at radius 2 is 2.36 bits per heavy atom. The monoisotopic (exact) mass is 220 g/mol. The molecule has 0 aromatic carbocycles. The van der Waals surface area contributed by atoms with Crippen molar-refractivity contribution in [3.63, 3.8) is 0 Å². The molecule has 0 bridgehead atoms. The van der Waals surface area contributed by atoms with Crippen LogP contribution in [0.4, 0.5) is 0 Å². The SMILES string of the molecule is C=CCOc1cnc(C(=O)O)cn1.[H-].[K+]. The van der Waals surface area contributed by atoms with E-state index < -0.39 is 5.97 Å². The zero-order valence-corrected chi connectivity index (χ0v) is 10.9. The summed E-state index contributed by atoms with van der Waals surface area (Å²) in [4.78, 5) is 17.7. The van der Waals surface area contributed by atoms with E-state index in [-0.39, 0.29) is 64.4 Å². The molecule has 1 N–H and O–H groups in total. The van der Waals surface area contributed by atoms with Crippen molar-refractivity contribution in [1.29, 1.82) is 0 Å². The van der Waals surface area contributed by atoms with Gasteiger partial charge in [-0.25, -0.2) is 14.8 Å². The Labute approximate surface area is 125 Å². The molecule has 0 unspecified atom stereocenters. The molecule has 0 aliphatic heterocycles. The van der Waals surface area contributed by atoms with Gasteiger partial charge in [-0.05, 0) is 0 Å². The van der Waals surface area contributed by atoms with E-state index in [0.717, 1.165) is 6.20 Å². The molecule has 0 aliphatic carbocycles. The van der Waals surface area contributed by atoms with Crippen LogP contribution < -0.4 is 56.1 Å². The second kappa shape index (κ2) is 7.08. The normalized spacial score (nSPS) is 8.57. The Kier molecular flexibility index (Phi) is 6.94. The first-order valence-electron chi connectivity index (χ1n) is 3.53. The van der Waals surface area contributed by atoms with Crippen LogP contribution in [-0.4, -0.2) is 27.7 Å². The Hall–Kier alpha value is -0.274. The van der Waals surface area contributed by atoms with Gasteiger partial charge in [-0.2, -0.15) is 0 Å². The quantitative estimate of drug-likeness (QED) is 0.463. The Bertz CT molecular complexity index is 318. The van der Waals surface area contributed by atoms with E-state index in [9.17, 15) is 4.79 Å². The Morgan fingerprint density at radius 1 is 1.64 bits per heavy atom. The summed E-state index contributed by atoms with van der Waals surface area (Å²) in [5, 5.41) is 8.49. The third kappa shape index (κ3) is 4.29. The summed E-state index contributed by atoms with van der Waals surface area (Å²) in [6.07, 6.45) is 3.96. The first-order valence-corrected chi connectivity index (χ1v) is 3.53. The summed E-state index contributed by atoms with van der Waals surface area (Å²) in [5.41, 5.74) is -0.106. The average molecular weight is 220 g/mol. The van der Waals surface area contributed by atoms with E-state index in [4.69, 9.17) is 9.84 Å². The predicted molar refractivity (Wildman–Crippen MR) is 45.8 cm³/mol. The minimum Gasteiger partial charge on any atom is -1.00 e. The molecule has 0 aliphatic rings. The number of aromatic carboxylic acids is 1. The van der Waals surface area contributed by atoms with Crippen LogP contribution in [-0.2, 0) is 0 Å². The number of ether oxygens (including phenoxy) is 1. The van der Waals surface area contributed by atoms with Crippen LogP contribution in [0.25, 0.3) is 0 Å². The average Bonchev–Trinajstić information content (AvgIpc) is 2.15. The number of nitrogens with zero attached hydrogens (tertiary/aromatic N) is 2. The number of carboxylic acid groups (broad SMARTS) is 1. The summed E-state index contributed by atoms with van der Waals surface area (Å²) in [5.74, 6) is -0.826. The van der Waals surface area contributed by atoms with Crippen molar-refractivity contribution in [3.8, 4) is 5.88 Å². The van der Waals surface area contributed by atoms with Crippen molar-refractivity contribution >= 4 is 5.97 Å². The van der Waals surface area contributed by atoms with Crippen LogP contribution in [0.3, 0.4) is 0 Å². The number of hydrogen-bond acceptors (Lipinski definition) is 4. The fourth-order valence-corrected chi connectivity index (χ4v) is 0.645. The molecule has 0 amide bonds. The molecule has 1 aromatic heterocycles. The second-order valence-electron chi connectivity index (χ2n) is 2.14. The molecule has 14 heavy (non-hydrogen) atoms. The molecule has 0 atom stereocenters.